The molecule has 1 aliphatic rings. The van der Waals surface area contributed by atoms with Crippen molar-refractivity contribution in [1.29, 1.82) is 0 Å². The maximum absolute atomic E-state index is 10.8. The summed E-state index contributed by atoms with van der Waals surface area (Å²) in [6, 6.07) is 7.43. The Kier molecular flexibility index (Phi) is 16.7. The molecule has 0 fully saturated rings. The molecule has 0 bridgehead atoms. The fourth-order valence-corrected chi connectivity index (χ4v) is 1.07. The van der Waals surface area contributed by atoms with Crippen molar-refractivity contribution >= 4 is 5.97 Å². The maximum Gasteiger partial charge on any atom is 4.00 e. The monoisotopic (exact) mass is 286 g/mol. The molecular weight excluding hydrogens is 282 g/mol. The molecule has 0 saturated carbocycles. The molecule has 0 radical (unpaired) electrons. The first-order valence-corrected chi connectivity index (χ1v) is 3.13. The van der Waals surface area contributed by atoms with Gasteiger partial charge < -0.3 is 54.4 Å². The van der Waals surface area contributed by atoms with E-state index in [1.54, 1.807) is 6.07 Å². The van der Waals surface area contributed by atoms with Crippen LogP contribution in [-0.2, 0) is 11.3 Å². The van der Waals surface area contributed by atoms with Crippen molar-refractivity contribution in [1.82, 2.24) is 0 Å². The van der Waals surface area contributed by atoms with Crippen LogP contribution in [0.25, 0.3) is 0 Å². The summed E-state index contributed by atoms with van der Waals surface area (Å²) in [5, 5.41) is 0. The Labute approximate surface area is 114 Å². The smallest absolute Gasteiger partial charge is 1.00 e. The van der Waals surface area contributed by atoms with Crippen LogP contribution in [0.3, 0.4) is 0 Å². The standard InChI is InChI=1S/C8H6O2.C.4ClH/c9-8-7-4-2-1-3-6(7)5-10-8;;;;;/h1-4H,5H2;;4*1H/q;+4;;;;/p-4. The maximum atomic E-state index is 10.8. The van der Waals surface area contributed by atoms with Gasteiger partial charge in [0.15, 0.2) is 0 Å². The van der Waals surface area contributed by atoms with Crippen molar-refractivity contribution in [3.05, 3.63) is 42.8 Å². The van der Waals surface area contributed by atoms with Gasteiger partial charge in [-0.15, -0.1) is 0 Å². The Morgan fingerprint density at radius 1 is 1.00 bits per heavy atom. The molecule has 1 heterocycles. The first-order chi connectivity index (χ1) is 4.88. The molecule has 0 saturated heterocycles. The third-order valence-corrected chi connectivity index (χ3v) is 1.60. The zero-order valence-electron chi connectivity index (χ0n) is 7.34. The molecule has 0 unspecified atom stereocenters. The van der Waals surface area contributed by atoms with Crippen LogP contribution in [0.15, 0.2) is 24.3 Å². The number of rotatable bonds is 0. The van der Waals surface area contributed by atoms with E-state index in [4.69, 9.17) is 4.74 Å². The van der Waals surface area contributed by atoms with Crippen molar-refractivity contribution in [2.24, 2.45) is 0 Å². The molecule has 2 nitrogen and oxygen atoms in total. The largest absolute Gasteiger partial charge is 4.00 e. The van der Waals surface area contributed by atoms with Crippen LogP contribution < -0.4 is 49.6 Å². The number of halogens is 4. The van der Waals surface area contributed by atoms with Gasteiger partial charge in [-0.3, -0.25) is 0 Å². The van der Waals surface area contributed by atoms with E-state index in [2.05, 4.69) is 0 Å². The molecule has 0 amide bonds. The number of benzene rings is 1. The molecule has 2 rings (SSSR count). The molecule has 15 heavy (non-hydrogen) atoms. The predicted molar refractivity (Wildman–Crippen MR) is 38.8 cm³/mol. The fraction of sp³-hybridized carbons (Fsp3) is 0.111. The van der Waals surface area contributed by atoms with Crippen LogP contribution >= 0.6 is 0 Å². The Morgan fingerprint density at radius 3 is 2.07 bits per heavy atom. The number of hydrogen-bond acceptors (Lipinski definition) is 2. The molecule has 1 aromatic rings. The second-order valence-corrected chi connectivity index (χ2v) is 2.23. The van der Waals surface area contributed by atoms with Crippen LogP contribution in [0.4, 0.5) is 0 Å². The van der Waals surface area contributed by atoms with E-state index in [0.717, 1.165) is 5.56 Å². The van der Waals surface area contributed by atoms with E-state index >= 15 is 0 Å². The van der Waals surface area contributed by atoms with Crippen molar-refractivity contribution < 1.29 is 59.2 Å². The van der Waals surface area contributed by atoms with Crippen molar-refractivity contribution in [3.8, 4) is 0 Å². The van der Waals surface area contributed by atoms with Crippen LogP contribution in [0.2, 0.25) is 0 Å². The minimum Gasteiger partial charge on any atom is -1.00 e. The van der Waals surface area contributed by atoms with Gasteiger partial charge in [0.2, 0.25) is 0 Å². The number of hydrogen-bond donors (Lipinski definition) is 0. The topological polar surface area (TPSA) is 26.3 Å². The van der Waals surface area contributed by atoms with Gasteiger partial charge >= 0.3 is 13.4 Å². The number of fused-ring (bicyclic) bond motifs is 1. The first-order valence-electron chi connectivity index (χ1n) is 3.13. The average Bonchev–Trinajstić information content (AvgIpc) is 2.34. The number of esters is 1. The third-order valence-electron chi connectivity index (χ3n) is 1.60. The third kappa shape index (κ3) is 4.94. The minimum atomic E-state index is -0.199. The fourth-order valence-electron chi connectivity index (χ4n) is 1.07. The SMILES string of the molecule is O=C1OCc2ccccc21.[C+4].[Cl-].[Cl-].[Cl-].[Cl-]. The van der Waals surface area contributed by atoms with Crippen LogP contribution in [-0.4, -0.2) is 5.97 Å². The van der Waals surface area contributed by atoms with Gasteiger partial charge in [-0.1, -0.05) is 18.2 Å². The number of cyclic esters (lactones) is 1. The summed E-state index contributed by atoms with van der Waals surface area (Å²) < 4.78 is 4.78. The van der Waals surface area contributed by atoms with E-state index in [1.165, 1.54) is 0 Å². The Hall–Kier alpha value is -0.150. The molecular formula is C9H6Cl4O2. The summed E-state index contributed by atoms with van der Waals surface area (Å²) in [5.41, 5.74) is 1.70. The normalized spacial score (nSPS) is 9.73. The molecule has 1 aliphatic heterocycles. The van der Waals surface area contributed by atoms with Gasteiger partial charge in [0.25, 0.3) is 0 Å². The Bertz CT molecular complexity index is 291. The van der Waals surface area contributed by atoms with Crippen LogP contribution in [0, 0.1) is 7.43 Å². The average molecular weight is 288 g/mol. The van der Waals surface area contributed by atoms with E-state index in [9.17, 15) is 4.79 Å². The van der Waals surface area contributed by atoms with Crippen molar-refractivity contribution in [3.63, 3.8) is 0 Å². The van der Waals surface area contributed by atoms with Gasteiger partial charge in [0.1, 0.15) is 6.61 Å². The molecule has 0 aliphatic carbocycles. The summed E-state index contributed by atoms with van der Waals surface area (Å²) in [4.78, 5) is 10.8. The van der Waals surface area contributed by atoms with Gasteiger partial charge in [-0.25, -0.2) is 4.79 Å². The Morgan fingerprint density at radius 2 is 1.53 bits per heavy atom. The first kappa shape index (κ1) is 24.2. The molecule has 6 heteroatoms. The summed E-state index contributed by atoms with van der Waals surface area (Å²) in [6.07, 6.45) is 0. The second-order valence-electron chi connectivity index (χ2n) is 2.23. The summed E-state index contributed by atoms with van der Waals surface area (Å²) in [5.74, 6) is -0.199. The zero-order valence-corrected chi connectivity index (χ0v) is 10.4. The number of carbonyl (C=O) groups excluding carboxylic acids is 1. The van der Waals surface area contributed by atoms with E-state index in [1.807, 2.05) is 18.2 Å². The molecule has 0 spiro atoms. The molecule has 0 aromatic heterocycles. The van der Waals surface area contributed by atoms with Gasteiger partial charge in [-0.2, -0.15) is 0 Å². The molecule has 82 valence electrons. The number of carbonyl (C=O) groups is 1. The van der Waals surface area contributed by atoms with Crippen molar-refractivity contribution in [2.45, 2.75) is 6.61 Å². The second kappa shape index (κ2) is 10.4. The van der Waals surface area contributed by atoms with Crippen LogP contribution in [0.5, 0.6) is 0 Å². The van der Waals surface area contributed by atoms with Gasteiger partial charge in [0, 0.05) is 5.56 Å². The molecule has 0 atom stereocenters. The quantitative estimate of drug-likeness (QED) is 0.443. The Balaban J connectivity index is -0.000000121. The van der Waals surface area contributed by atoms with E-state index in [0.29, 0.717) is 12.2 Å². The molecule has 1 aromatic carbocycles. The zero-order chi connectivity index (χ0) is 6.97. The summed E-state index contributed by atoms with van der Waals surface area (Å²) >= 11 is 0. The van der Waals surface area contributed by atoms with E-state index in [-0.39, 0.29) is 63.0 Å². The predicted octanol–water partition coefficient (Wildman–Crippen LogP) is -10.5. The summed E-state index contributed by atoms with van der Waals surface area (Å²) in [6.45, 7) is 0.439. The van der Waals surface area contributed by atoms with Gasteiger partial charge in [-0.05, 0) is 6.07 Å². The number of ether oxygens (including phenoxy) is 1. The van der Waals surface area contributed by atoms with Crippen molar-refractivity contribution in [2.75, 3.05) is 0 Å². The minimum absolute atomic E-state index is 0. The molecule has 0 N–H and O–H groups in total. The van der Waals surface area contributed by atoms with Gasteiger partial charge in [0.05, 0.1) is 5.56 Å². The van der Waals surface area contributed by atoms with Crippen LogP contribution in [0.1, 0.15) is 15.9 Å². The summed E-state index contributed by atoms with van der Waals surface area (Å²) in [7, 11) is 0. The van der Waals surface area contributed by atoms with E-state index < -0.39 is 0 Å².